The third-order valence-corrected chi connectivity index (χ3v) is 3.65. The Morgan fingerprint density at radius 1 is 1.39 bits per heavy atom. The molecule has 1 aliphatic rings. The van der Waals surface area contributed by atoms with Crippen molar-refractivity contribution in [3.63, 3.8) is 0 Å². The second-order valence-electron chi connectivity index (χ2n) is 5.32. The lowest BCUT2D eigenvalue weighted by atomic mass is 10.0. The van der Waals surface area contributed by atoms with Crippen LogP contribution in [-0.2, 0) is 20.7 Å². The summed E-state index contributed by atoms with van der Waals surface area (Å²) in [5.74, 6) is -0.461. The number of benzene rings is 1. The van der Waals surface area contributed by atoms with E-state index in [0.717, 1.165) is 12.8 Å². The van der Waals surface area contributed by atoms with Gasteiger partial charge in [-0.1, -0.05) is 0 Å². The zero-order valence-corrected chi connectivity index (χ0v) is 12.9. The van der Waals surface area contributed by atoms with Gasteiger partial charge in [-0.2, -0.15) is 0 Å². The first-order valence-corrected chi connectivity index (χ1v) is 7.15. The van der Waals surface area contributed by atoms with Crippen LogP contribution in [0.1, 0.15) is 18.4 Å². The molecular weight excluding hydrogens is 304 g/mol. The minimum atomic E-state index is -0.913. The van der Waals surface area contributed by atoms with Crippen LogP contribution in [0.25, 0.3) is 0 Å². The minimum absolute atomic E-state index is 0.0516. The smallest absolute Gasteiger partial charge is 0.328 e. The Hall–Kier alpha value is -2.64. The minimum Gasteiger partial charge on any atom is -0.496 e. The van der Waals surface area contributed by atoms with Crippen LogP contribution < -0.4 is 10.1 Å². The fourth-order valence-electron chi connectivity index (χ4n) is 2.23. The van der Waals surface area contributed by atoms with Gasteiger partial charge >= 0.3 is 5.97 Å². The molecule has 8 nitrogen and oxygen atoms in total. The number of nitro benzene ring substituents is 1. The summed E-state index contributed by atoms with van der Waals surface area (Å²) in [5, 5.41) is 13.5. The Balaban J connectivity index is 2.22. The average Bonchev–Trinajstić information content (AvgIpc) is 3.38. The van der Waals surface area contributed by atoms with Gasteiger partial charge in [0.05, 0.1) is 19.1 Å². The molecular formula is C15H18N2O6. The molecule has 1 saturated carbocycles. The summed E-state index contributed by atoms with van der Waals surface area (Å²) >= 11 is 0. The first kappa shape index (κ1) is 16.7. The van der Waals surface area contributed by atoms with Gasteiger partial charge in [-0.05, 0) is 18.9 Å². The van der Waals surface area contributed by atoms with Gasteiger partial charge in [-0.25, -0.2) is 4.79 Å². The van der Waals surface area contributed by atoms with Gasteiger partial charge in [0.15, 0.2) is 0 Å². The number of rotatable bonds is 7. The molecule has 1 fully saturated rings. The topological polar surface area (TPSA) is 108 Å². The number of nitrogens with zero attached hydrogens (tertiary/aromatic N) is 1. The molecule has 1 aliphatic carbocycles. The van der Waals surface area contributed by atoms with Crippen LogP contribution in [0.3, 0.4) is 0 Å². The van der Waals surface area contributed by atoms with Gasteiger partial charge in [0, 0.05) is 30.0 Å². The van der Waals surface area contributed by atoms with E-state index in [9.17, 15) is 19.7 Å². The van der Waals surface area contributed by atoms with Crippen LogP contribution in [0.15, 0.2) is 18.2 Å². The summed E-state index contributed by atoms with van der Waals surface area (Å²) < 4.78 is 9.88. The molecule has 1 atom stereocenters. The fourth-order valence-corrected chi connectivity index (χ4v) is 2.23. The second-order valence-corrected chi connectivity index (χ2v) is 5.32. The largest absolute Gasteiger partial charge is 0.496 e. The first-order chi connectivity index (χ1) is 11.0. The summed E-state index contributed by atoms with van der Waals surface area (Å²) in [7, 11) is 2.66. The van der Waals surface area contributed by atoms with Crippen molar-refractivity contribution in [2.75, 3.05) is 14.2 Å². The lowest BCUT2D eigenvalue weighted by Crippen LogP contribution is -2.43. The summed E-state index contributed by atoms with van der Waals surface area (Å²) in [4.78, 5) is 34.2. The van der Waals surface area contributed by atoms with Crippen molar-refractivity contribution in [1.82, 2.24) is 5.32 Å². The molecule has 124 valence electrons. The number of hydrogen-bond acceptors (Lipinski definition) is 6. The molecule has 0 spiro atoms. The predicted octanol–water partition coefficient (Wildman–Crippen LogP) is 1.21. The summed E-state index contributed by atoms with van der Waals surface area (Å²) in [6, 6.07) is 3.20. The van der Waals surface area contributed by atoms with E-state index < -0.39 is 16.9 Å². The highest BCUT2D eigenvalue weighted by atomic mass is 16.6. The Kier molecular flexibility index (Phi) is 5.15. The number of carbonyl (C=O) groups excluding carboxylic acids is 2. The van der Waals surface area contributed by atoms with E-state index in [2.05, 4.69) is 5.32 Å². The maximum atomic E-state index is 11.9. The number of esters is 1. The number of amides is 1. The standard InChI is InChI=1S/C15H18N2O6/c1-22-13-6-5-11(17(20)21)7-10(13)8-12(15(19)23-2)16-14(18)9-3-4-9/h5-7,9,12H,3-4,8H2,1-2H3,(H,16,18)/t12-/m1/s1. The van der Waals surface area contributed by atoms with Crippen molar-refractivity contribution >= 4 is 17.6 Å². The highest BCUT2D eigenvalue weighted by Crippen LogP contribution is 2.29. The number of methoxy groups -OCH3 is 2. The summed E-state index contributed by atoms with van der Waals surface area (Å²) in [6.45, 7) is 0. The Morgan fingerprint density at radius 2 is 2.09 bits per heavy atom. The van der Waals surface area contributed by atoms with Crippen molar-refractivity contribution in [3.05, 3.63) is 33.9 Å². The van der Waals surface area contributed by atoms with E-state index in [-0.39, 0.29) is 23.9 Å². The van der Waals surface area contributed by atoms with Gasteiger partial charge < -0.3 is 14.8 Å². The molecule has 0 saturated heterocycles. The van der Waals surface area contributed by atoms with Crippen LogP contribution in [0, 0.1) is 16.0 Å². The fraction of sp³-hybridized carbons (Fsp3) is 0.467. The molecule has 0 bridgehead atoms. The molecule has 1 aromatic carbocycles. The molecule has 1 aromatic rings. The Morgan fingerprint density at radius 3 is 2.61 bits per heavy atom. The van der Waals surface area contributed by atoms with Gasteiger partial charge in [-0.15, -0.1) is 0 Å². The summed E-state index contributed by atoms with van der Waals surface area (Å²) in [5.41, 5.74) is 0.339. The zero-order valence-electron chi connectivity index (χ0n) is 12.9. The van der Waals surface area contributed by atoms with E-state index in [1.807, 2.05) is 0 Å². The maximum absolute atomic E-state index is 11.9. The van der Waals surface area contributed by atoms with Crippen molar-refractivity contribution in [2.24, 2.45) is 5.92 Å². The lowest BCUT2D eigenvalue weighted by molar-refractivity contribution is -0.384. The third-order valence-electron chi connectivity index (χ3n) is 3.65. The quantitative estimate of drug-likeness (QED) is 0.459. The monoisotopic (exact) mass is 322 g/mol. The SMILES string of the molecule is COC(=O)[C@@H](Cc1cc([N+](=O)[O-])ccc1OC)NC(=O)C1CC1. The second kappa shape index (κ2) is 7.08. The van der Waals surface area contributed by atoms with E-state index in [0.29, 0.717) is 11.3 Å². The number of carbonyl (C=O) groups is 2. The van der Waals surface area contributed by atoms with Gasteiger partial charge in [-0.3, -0.25) is 14.9 Å². The molecule has 1 N–H and O–H groups in total. The van der Waals surface area contributed by atoms with Gasteiger partial charge in [0.1, 0.15) is 11.8 Å². The van der Waals surface area contributed by atoms with Crippen LogP contribution >= 0.6 is 0 Å². The number of nitro groups is 1. The number of non-ortho nitro benzene ring substituents is 1. The zero-order chi connectivity index (χ0) is 17.0. The molecule has 23 heavy (non-hydrogen) atoms. The molecule has 2 rings (SSSR count). The highest BCUT2D eigenvalue weighted by molar-refractivity contribution is 5.87. The molecule has 0 heterocycles. The van der Waals surface area contributed by atoms with Gasteiger partial charge in [0.25, 0.3) is 5.69 Å². The molecule has 0 aromatic heterocycles. The van der Waals surface area contributed by atoms with Crippen LogP contribution in [0.5, 0.6) is 5.75 Å². The molecule has 0 aliphatic heterocycles. The average molecular weight is 322 g/mol. The Bertz CT molecular complexity index is 626. The van der Waals surface area contributed by atoms with Crippen molar-refractivity contribution < 1.29 is 24.0 Å². The van der Waals surface area contributed by atoms with E-state index in [1.54, 1.807) is 0 Å². The summed E-state index contributed by atoms with van der Waals surface area (Å²) in [6.07, 6.45) is 1.66. The molecule has 8 heteroatoms. The molecule has 0 radical (unpaired) electrons. The van der Waals surface area contributed by atoms with Crippen molar-refractivity contribution in [3.8, 4) is 5.75 Å². The maximum Gasteiger partial charge on any atom is 0.328 e. The van der Waals surface area contributed by atoms with Crippen LogP contribution in [-0.4, -0.2) is 37.1 Å². The normalized spacial score (nSPS) is 14.7. The number of nitrogens with one attached hydrogen (secondary N) is 1. The highest BCUT2D eigenvalue weighted by Gasteiger charge is 2.33. The van der Waals surface area contributed by atoms with E-state index >= 15 is 0 Å². The van der Waals surface area contributed by atoms with Gasteiger partial charge in [0.2, 0.25) is 5.91 Å². The van der Waals surface area contributed by atoms with E-state index in [1.165, 1.54) is 32.4 Å². The number of hydrogen-bond donors (Lipinski definition) is 1. The molecule has 1 amide bonds. The lowest BCUT2D eigenvalue weighted by Gasteiger charge is -2.18. The van der Waals surface area contributed by atoms with Crippen LogP contribution in [0.2, 0.25) is 0 Å². The Labute approximate surface area is 132 Å². The van der Waals surface area contributed by atoms with Crippen LogP contribution in [0.4, 0.5) is 5.69 Å². The third kappa shape index (κ3) is 4.18. The van der Waals surface area contributed by atoms with Crippen molar-refractivity contribution in [1.29, 1.82) is 0 Å². The molecule has 0 unspecified atom stereocenters. The van der Waals surface area contributed by atoms with Crippen molar-refractivity contribution in [2.45, 2.75) is 25.3 Å². The predicted molar refractivity (Wildman–Crippen MR) is 80.0 cm³/mol. The van der Waals surface area contributed by atoms with E-state index in [4.69, 9.17) is 9.47 Å². The number of ether oxygens (including phenoxy) is 2. The first-order valence-electron chi connectivity index (χ1n) is 7.15.